The van der Waals surface area contributed by atoms with Crippen LogP contribution in [-0.2, 0) is 22.3 Å². The number of benzene rings is 2. The molecule has 24 heavy (non-hydrogen) atoms. The fourth-order valence-electron chi connectivity index (χ4n) is 2.34. The number of nitrogens with zero attached hydrogens (tertiary/aromatic N) is 1. The van der Waals surface area contributed by atoms with E-state index in [1.807, 2.05) is 36.4 Å². The Labute approximate surface area is 141 Å². The third-order valence-corrected chi connectivity index (χ3v) is 4.73. The van der Waals surface area contributed by atoms with Gasteiger partial charge < -0.3 is 10.3 Å². The second-order valence-electron chi connectivity index (χ2n) is 5.34. The van der Waals surface area contributed by atoms with Crippen molar-refractivity contribution in [2.24, 2.45) is 5.73 Å². The summed E-state index contributed by atoms with van der Waals surface area (Å²) in [6, 6.07) is 18.3. The quantitative estimate of drug-likeness (QED) is 0.747. The molecule has 5 nitrogen and oxygen atoms in total. The minimum atomic E-state index is -1.17. The minimum Gasteiger partial charge on any atom is -0.366 e. The summed E-state index contributed by atoms with van der Waals surface area (Å²) >= 11 is 0. The van der Waals surface area contributed by atoms with Gasteiger partial charge in [-0.15, -0.1) is 0 Å². The second kappa shape index (κ2) is 7.23. The molecule has 6 heteroatoms. The van der Waals surface area contributed by atoms with Gasteiger partial charge in [0.1, 0.15) is 11.5 Å². The van der Waals surface area contributed by atoms with Gasteiger partial charge in [0.25, 0.3) is 0 Å². The molecule has 0 saturated heterocycles. The number of carbonyl (C=O) groups excluding carboxylic acids is 1. The van der Waals surface area contributed by atoms with Gasteiger partial charge in [0.15, 0.2) is 0 Å². The van der Waals surface area contributed by atoms with E-state index < -0.39 is 16.7 Å². The molecular weight excluding hydrogens is 324 g/mol. The van der Waals surface area contributed by atoms with Gasteiger partial charge in [-0.1, -0.05) is 47.6 Å². The molecule has 0 fully saturated rings. The summed E-state index contributed by atoms with van der Waals surface area (Å²) in [4.78, 5) is 11.2. The number of amides is 1. The lowest BCUT2D eigenvalue weighted by Crippen LogP contribution is -2.11. The number of carbonyl (C=O) groups is 1. The maximum Gasteiger partial charge on any atom is 0.248 e. The fourth-order valence-corrected chi connectivity index (χ4v) is 3.44. The zero-order chi connectivity index (χ0) is 16.9. The molecule has 3 rings (SSSR count). The highest BCUT2D eigenvalue weighted by Crippen LogP contribution is 2.20. The Morgan fingerprint density at radius 2 is 1.83 bits per heavy atom. The van der Waals surface area contributed by atoms with Crippen LogP contribution in [0.5, 0.6) is 0 Å². The van der Waals surface area contributed by atoms with E-state index in [1.54, 1.807) is 24.3 Å². The van der Waals surface area contributed by atoms with Gasteiger partial charge >= 0.3 is 0 Å². The van der Waals surface area contributed by atoms with Crippen LogP contribution in [0.3, 0.4) is 0 Å². The molecule has 2 aromatic carbocycles. The molecule has 3 aromatic rings. The highest BCUT2D eigenvalue weighted by molar-refractivity contribution is 7.83. The Bertz CT molecular complexity index is 875. The van der Waals surface area contributed by atoms with Crippen LogP contribution in [0, 0.1) is 0 Å². The van der Waals surface area contributed by atoms with Crippen LogP contribution < -0.4 is 5.73 Å². The van der Waals surface area contributed by atoms with E-state index in [4.69, 9.17) is 10.3 Å². The van der Waals surface area contributed by atoms with Gasteiger partial charge in [-0.25, -0.2) is 0 Å². The second-order valence-corrected chi connectivity index (χ2v) is 6.79. The first-order valence-corrected chi connectivity index (χ1v) is 8.85. The first kappa shape index (κ1) is 16.1. The Hall–Kier alpha value is -2.73. The molecule has 0 bridgehead atoms. The summed E-state index contributed by atoms with van der Waals surface area (Å²) in [5.41, 5.74) is 8.14. The van der Waals surface area contributed by atoms with Crippen LogP contribution in [0.1, 0.15) is 21.7 Å². The molecule has 0 spiro atoms. The van der Waals surface area contributed by atoms with Crippen molar-refractivity contribution in [1.29, 1.82) is 0 Å². The lowest BCUT2D eigenvalue weighted by Gasteiger charge is -2.02. The van der Waals surface area contributed by atoms with Gasteiger partial charge in [-0.05, 0) is 17.7 Å². The Balaban J connectivity index is 1.66. The largest absolute Gasteiger partial charge is 0.366 e. The molecule has 0 aliphatic heterocycles. The normalized spacial score (nSPS) is 12.0. The van der Waals surface area contributed by atoms with E-state index in [0.717, 1.165) is 16.8 Å². The first-order valence-electron chi connectivity index (χ1n) is 7.36. The van der Waals surface area contributed by atoms with Crippen LogP contribution in [-0.4, -0.2) is 15.3 Å². The highest BCUT2D eigenvalue weighted by Gasteiger charge is 2.11. The highest BCUT2D eigenvalue weighted by atomic mass is 32.2. The van der Waals surface area contributed by atoms with Gasteiger partial charge in [-0.3, -0.25) is 9.00 Å². The smallest absolute Gasteiger partial charge is 0.248 e. The first-order chi connectivity index (χ1) is 11.6. The van der Waals surface area contributed by atoms with Crippen LogP contribution in [0.2, 0.25) is 0 Å². The molecule has 0 saturated carbocycles. The van der Waals surface area contributed by atoms with Crippen molar-refractivity contribution >= 4 is 16.7 Å². The van der Waals surface area contributed by atoms with Crippen molar-refractivity contribution in [2.45, 2.75) is 11.5 Å². The lowest BCUT2D eigenvalue weighted by molar-refractivity contribution is 0.1000. The third-order valence-electron chi connectivity index (χ3n) is 3.47. The van der Waals surface area contributed by atoms with Crippen molar-refractivity contribution < 1.29 is 13.5 Å². The molecule has 0 aliphatic carbocycles. The summed E-state index contributed by atoms with van der Waals surface area (Å²) in [5.74, 6) is 0.659. The average molecular weight is 340 g/mol. The molecule has 0 radical (unpaired) electrons. The molecule has 1 amide bonds. The Kier molecular flexibility index (Phi) is 4.86. The molecule has 1 aromatic heterocycles. The number of hydrogen-bond acceptors (Lipinski definition) is 4. The maximum absolute atomic E-state index is 12.3. The topological polar surface area (TPSA) is 86.2 Å². The van der Waals surface area contributed by atoms with Crippen molar-refractivity contribution in [1.82, 2.24) is 5.16 Å². The molecule has 0 aliphatic rings. The van der Waals surface area contributed by atoms with Gasteiger partial charge in [0.05, 0.1) is 5.75 Å². The van der Waals surface area contributed by atoms with E-state index in [2.05, 4.69) is 5.16 Å². The summed E-state index contributed by atoms with van der Waals surface area (Å²) in [7, 11) is -1.17. The van der Waals surface area contributed by atoms with E-state index >= 15 is 0 Å². The van der Waals surface area contributed by atoms with Crippen molar-refractivity contribution in [3.8, 4) is 11.3 Å². The summed E-state index contributed by atoms with van der Waals surface area (Å²) < 4.78 is 17.6. The van der Waals surface area contributed by atoms with Crippen LogP contribution in [0.4, 0.5) is 0 Å². The minimum absolute atomic E-state index is 0.265. The summed E-state index contributed by atoms with van der Waals surface area (Å²) in [6.07, 6.45) is 0. The monoisotopic (exact) mass is 340 g/mol. The molecule has 122 valence electrons. The zero-order valence-corrected chi connectivity index (χ0v) is 13.7. The van der Waals surface area contributed by atoms with Gasteiger partial charge in [0, 0.05) is 33.7 Å². The average Bonchev–Trinajstić information content (AvgIpc) is 3.04. The molecule has 2 N–H and O–H groups in total. The number of aromatic nitrogens is 1. The van der Waals surface area contributed by atoms with Crippen molar-refractivity contribution in [3.63, 3.8) is 0 Å². The Morgan fingerprint density at radius 3 is 2.58 bits per heavy atom. The number of nitrogens with two attached hydrogens (primary N) is 1. The molecule has 1 heterocycles. The fraction of sp³-hybridized carbons (Fsp3) is 0.111. The van der Waals surface area contributed by atoms with Crippen molar-refractivity contribution in [3.05, 3.63) is 77.6 Å². The third kappa shape index (κ3) is 3.97. The summed E-state index contributed by atoms with van der Waals surface area (Å²) in [6.45, 7) is 0. The van der Waals surface area contributed by atoms with Crippen LogP contribution in [0.15, 0.2) is 65.2 Å². The zero-order valence-electron chi connectivity index (χ0n) is 12.8. The molecule has 1 atom stereocenters. The summed E-state index contributed by atoms with van der Waals surface area (Å²) in [5, 5.41) is 4.01. The van der Waals surface area contributed by atoms with E-state index in [0.29, 0.717) is 17.1 Å². The maximum atomic E-state index is 12.3. The van der Waals surface area contributed by atoms with E-state index in [1.165, 1.54) is 0 Å². The predicted octanol–water partition coefficient (Wildman–Crippen LogP) is 2.89. The molecular formula is C18H16N2O3S. The van der Waals surface area contributed by atoms with Gasteiger partial charge in [-0.2, -0.15) is 0 Å². The number of rotatable bonds is 6. The van der Waals surface area contributed by atoms with E-state index in [-0.39, 0.29) is 5.75 Å². The molecule has 1 unspecified atom stereocenters. The van der Waals surface area contributed by atoms with Crippen LogP contribution in [0.25, 0.3) is 11.3 Å². The van der Waals surface area contributed by atoms with Crippen molar-refractivity contribution in [2.75, 3.05) is 0 Å². The predicted molar refractivity (Wildman–Crippen MR) is 92.4 cm³/mol. The van der Waals surface area contributed by atoms with Gasteiger partial charge in [0.2, 0.25) is 5.91 Å². The Morgan fingerprint density at radius 1 is 1.04 bits per heavy atom. The SMILES string of the molecule is NC(=O)c1cccc(CS(=O)Cc2cc(-c3ccccc3)no2)c1. The lowest BCUT2D eigenvalue weighted by atomic mass is 10.1. The van der Waals surface area contributed by atoms with E-state index in [9.17, 15) is 9.00 Å². The number of primary amides is 1. The number of hydrogen-bond donors (Lipinski definition) is 1. The standard InChI is InChI=1S/C18H16N2O3S/c19-18(21)15-8-4-5-13(9-15)11-24(22)12-16-10-17(20-23-16)14-6-2-1-3-7-14/h1-10H,11-12H2,(H2,19,21). The van der Waals surface area contributed by atoms with Crippen LogP contribution >= 0.6 is 0 Å².